The largest absolute Gasteiger partial charge is 0.259 e. The van der Waals surface area contributed by atoms with E-state index in [0.717, 1.165) is 22.2 Å². The van der Waals surface area contributed by atoms with Crippen molar-refractivity contribution in [1.82, 2.24) is 4.98 Å². The van der Waals surface area contributed by atoms with E-state index in [1.54, 1.807) is 12.4 Å². The number of rotatable bonds is 1. The molecule has 0 saturated heterocycles. The summed E-state index contributed by atoms with van der Waals surface area (Å²) in [5, 5.41) is 1.14. The Bertz CT molecular complexity index is 487. The van der Waals surface area contributed by atoms with Gasteiger partial charge in [-0.15, -0.1) is 0 Å². The lowest BCUT2D eigenvalue weighted by molar-refractivity contribution is 1.36. The van der Waals surface area contributed by atoms with E-state index in [1.165, 1.54) is 0 Å². The van der Waals surface area contributed by atoms with Crippen LogP contribution in [-0.4, -0.2) is 11.2 Å². The Hall–Kier alpha value is -1.70. The van der Waals surface area contributed by atoms with Crippen LogP contribution in [0, 0.1) is 6.92 Å². The summed E-state index contributed by atoms with van der Waals surface area (Å²) in [6, 6.07) is 8.15. The van der Waals surface area contributed by atoms with Crippen molar-refractivity contribution >= 4 is 22.8 Å². The maximum Gasteiger partial charge on any atom is 0.0960 e. The molecule has 0 unspecified atom stereocenters. The molecule has 0 saturated carbocycles. The number of hydrogen-bond donors (Lipinski definition) is 0. The molecule has 0 aliphatic rings. The van der Waals surface area contributed by atoms with Crippen LogP contribution >= 0.6 is 0 Å². The van der Waals surface area contributed by atoms with Gasteiger partial charge in [-0.25, -0.2) is 0 Å². The lowest BCUT2D eigenvalue weighted by atomic mass is 10.1. The van der Waals surface area contributed by atoms with Gasteiger partial charge in [0.2, 0.25) is 0 Å². The van der Waals surface area contributed by atoms with Gasteiger partial charge in [0.1, 0.15) is 0 Å². The van der Waals surface area contributed by atoms with Crippen molar-refractivity contribution in [2.75, 3.05) is 0 Å². The van der Waals surface area contributed by atoms with Gasteiger partial charge < -0.3 is 0 Å². The topological polar surface area (TPSA) is 25.2 Å². The van der Waals surface area contributed by atoms with Crippen LogP contribution in [0.3, 0.4) is 0 Å². The summed E-state index contributed by atoms with van der Waals surface area (Å²) < 4.78 is 0. The van der Waals surface area contributed by atoms with Crippen molar-refractivity contribution in [2.45, 2.75) is 27.7 Å². The molecule has 0 aliphatic heterocycles. The predicted octanol–water partition coefficient (Wildman–Crippen LogP) is 4.29. The molecule has 2 heteroatoms. The second-order valence-electron chi connectivity index (χ2n) is 3.19. The zero-order chi connectivity index (χ0) is 12.0. The van der Waals surface area contributed by atoms with Crippen LogP contribution in [0.25, 0.3) is 10.9 Å². The zero-order valence-corrected chi connectivity index (χ0v) is 10.4. The molecule has 1 heterocycles. The fourth-order valence-electron chi connectivity index (χ4n) is 1.52. The summed E-state index contributed by atoms with van der Waals surface area (Å²) in [6.07, 6.45) is 3.60. The third-order valence-electron chi connectivity index (χ3n) is 2.21. The molecule has 0 spiro atoms. The molecule has 1 aromatic carbocycles. The summed E-state index contributed by atoms with van der Waals surface area (Å²) in [5.41, 5.74) is 3.12. The first-order valence-electron chi connectivity index (χ1n) is 5.66. The van der Waals surface area contributed by atoms with Crippen molar-refractivity contribution in [1.29, 1.82) is 0 Å². The molecule has 0 amide bonds. The summed E-state index contributed by atoms with van der Waals surface area (Å²) in [4.78, 5) is 8.69. The molecule has 2 rings (SSSR count). The van der Waals surface area contributed by atoms with Crippen molar-refractivity contribution in [3.8, 4) is 0 Å². The Morgan fingerprint density at radius 2 is 1.94 bits per heavy atom. The van der Waals surface area contributed by atoms with E-state index in [2.05, 4.69) is 35.1 Å². The number of pyridine rings is 1. The molecule has 2 nitrogen and oxygen atoms in total. The van der Waals surface area contributed by atoms with Gasteiger partial charge in [-0.3, -0.25) is 9.98 Å². The highest BCUT2D eigenvalue weighted by Gasteiger charge is 2.02. The van der Waals surface area contributed by atoms with E-state index >= 15 is 0 Å². The summed E-state index contributed by atoms with van der Waals surface area (Å²) >= 11 is 0. The number of hydrogen-bond acceptors (Lipinski definition) is 2. The lowest BCUT2D eigenvalue weighted by Gasteiger charge is -2.03. The Kier molecular flexibility index (Phi) is 4.65. The highest BCUT2D eigenvalue weighted by atomic mass is 14.8. The molecular weight excluding hydrogens is 196 g/mol. The molecule has 2 aromatic rings. The fourth-order valence-corrected chi connectivity index (χ4v) is 1.52. The van der Waals surface area contributed by atoms with E-state index in [4.69, 9.17) is 0 Å². The van der Waals surface area contributed by atoms with Crippen LogP contribution in [0.2, 0.25) is 0 Å². The van der Waals surface area contributed by atoms with Gasteiger partial charge in [0.05, 0.1) is 11.2 Å². The van der Waals surface area contributed by atoms with Gasteiger partial charge in [-0.2, -0.15) is 0 Å². The number of nitrogens with zero attached hydrogens (tertiary/aromatic N) is 2. The average molecular weight is 214 g/mol. The molecular formula is C14H18N2. The maximum atomic E-state index is 4.35. The standard InChI is InChI=1S/C12H12N2.C2H6/c1-3-13-11-9(2)6-7-10-5-4-8-14-12(10)11;1-2/h3-8H,1-2H3;1-2H3. The van der Waals surface area contributed by atoms with Crippen molar-refractivity contribution in [3.63, 3.8) is 0 Å². The second kappa shape index (κ2) is 6.01. The number of aliphatic imine (C=N–C) groups is 1. The first kappa shape index (κ1) is 12.4. The minimum Gasteiger partial charge on any atom is -0.259 e. The molecule has 1 aromatic heterocycles. The number of aryl methyl sites for hydroxylation is 1. The van der Waals surface area contributed by atoms with Gasteiger partial charge >= 0.3 is 0 Å². The third-order valence-corrected chi connectivity index (χ3v) is 2.21. The van der Waals surface area contributed by atoms with E-state index in [9.17, 15) is 0 Å². The van der Waals surface area contributed by atoms with Crippen molar-refractivity contribution in [2.24, 2.45) is 4.99 Å². The molecule has 0 fully saturated rings. The molecule has 0 radical (unpaired) electrons. The van der Waals surface area contributed by atoms with E-state index in [-0.39, 0.29) is 0 Å². The van der Waals surface area contributed by atoms with E-state index in [1.807, 2.05) is 26.8 Å². The average Bonchev–Trinajstić information content (AvgIpc) is 2.35. The van der Waals surface area contributed by atoms with Crippen LogP contribution in [0.4, 0.5) is 5.69 Å². The second-order valence-corrected chi connectivity index (χ2v) is 3.19. The van der Waals surface area contributed by atoms with Crippen molar-refractivity contribution in [3.05, 3.63) is 36.0 Å². The molecule has 16 heavy (non-hydrogen) atoms. The SMILES string of the molecule is CC.CC=Nc1c(C)ccc2cccnc12. The van der Waals surface area contributed by atoms with Gasteiger partial charge in [-0.1, -0.05) is 32.0 Å². The smallest absolute Gasteiger partial charge is 0.0960 e. The molecule has 0 N–H and O–H groups in total. The van der Waals surface area contributed by atoms with Crippen LogP contribution in [0.1, 0.15) is 26.3 Å². The third kappa shape index (κ3) is 2.45. The van der Waals surface area contributed by atoms with Gasteiger partial charge in [0.15, 0.2) is 0 Å². The number of benzene rings is 1. The van der Waals surface area contributed by atoms with Gasteiger partial charge in [0.25, 0.3) is 0 Å². The number of aromatic nitrogens is 1. The number of fused-ring (bicyclic) bond motifs is 1. The monoisotopic (exact) mass is 214 g/mol. The van der Waals surface area contributed by atoms with Crippen LogP contribution < -0.4 is 0 Å². The highest BCUT2D eigenvalue weighted by Crippen LogP contribution is 2.27. The van der Waals surface area contributed by atoms with Gasteiger partial charge in [-0.05, 0) is 25.5 Å². The molecule has 0 aliphatic carbocycles. The highest BCUT2D eigenvalue weighted by molar-refractivity contribution is 5.91. The molecule has 84 valence electrons. The van der Waals surface area contributed by atoms with Crippen molar-refractivity contribution < 1.29 is 0 Å². The van der Waals surface area contributed by atoms with Crippen LogP contribution in [0.5, 0.6) is 0 Å². The molecule has 0 bridgehead atoms. The minimum absolute atomic E-state index is 0.977. The summed E-state index contributed by atoms with van der Waals surface area (Å²) in [5.74, 6) is 0. The van der Waals surface area contributed by atoms with Gasteiger partial charge in [0, 0.05) is 17.8 Å². The minimum atomic E-state index is 0.977. The first-order valence-corrected chi connectivity index (χ1v) is 5.66. The lowest BCUT2D eigenvalue weighted by Crippen LogP contribution is -1.82. The summed E-state index contributed by atoms with van der Waals surface area (Å²) in [7, 11) is 0. The Labute approximate surface area is 97.1 Å². The Balaban J connectivity index is 0.000000606. The quantitative estimate of drug-likeness (QED) is 0.650. The normalized spacial score (nSPS) is 10.2. The predicted molar refractivity (Wildman–Crippen MR) is 71.7 cm³/mol. The summed E-state index contributed by atoms with van der Waals surface area (Å²) in [6.45, 7) is 7.97. The maximum absolute atomic E-state index is 4.35. The van der Waals surface area contributed by atoms with E-state index < -0.39 is 0 Å². The Morgan fingerprint density at radius 1 is 1.19 bits per heavy atom. The first-order chi connectivity index (χ1) is 7.83. The zero-order valence-electron chi connectivity index (χ0n) is 10.4. The van der Waals surface area contributed by atoms with E-state index in [0.29, 0.717) is 0 Å². The van der Waals surface area contributed by atoms with Crippen LogP contribution in [0.15, 0.2) is 35.5 Å². The Morgan fingerprint density at radius 3 is 2.62 bits per heavy atom. The molecule has 0 atom stereocenters. The fraction of sp³-hybridized carbons (Fsp3) is 0.286. The van der Waals surface area contributed by atoms with Crippen LogP contribution in [-0.2, 0) is 0 Å².